The zero-order chi connectivity index (χ0) is 9.80. The van der Waals surface area contributed by atoms with Gasteiger partial charge in [-0.15, -0.1) is 23.7 Å². The highest BCUT2D eigenvalue weighted by Crippen LogP contribution is 2.25. The van der Waals surface area contributed by atoms with Crippen LogP contribution in [0.5, 0.6) is 0 Å². The number of hydrogen-bond donors (Lipinski definition) is 1. The molecule has 2 N–H and O–H groups in total. The van der Waals surface area contributed by atoms with Crippen LogP contribution in [-0.4, -0.2) is 16.5 Å². The van der Waals surface area contributed by atoms with Crippen LogP contribution in [0.4, 0.5) is 0 Å². The second kappa shape index (κ2) is 5.80. The number of halogens is 1. The number of thiophene rings is 1. The van der Waals surface area contributed by atoms with Crippen molar-refractivity contribution in [2.75, 3.05) is 6.54 Å². The summed E-state index contributed by atoms with van der Waals surface area (Å²) >= 11 is 1.71. The molecule has 5 heteroatoms. The van der Waals surface area contributed by atoms with Gasteiger partial charge in [0.05, 0.1) is 0 Å². The Morgan fingerprint density at radius 2 is 2.00 bits per heavy atom. The van der Waals surface area contributed by atoms with Crippen LogP contribution in [0.15, 0.2) is 29.9 Å². The van der Waals surface area contributed by atoms with Crippen LogP contribution in [0.3, 0.4) is 0 Å². The van der Waals surface area contributed by atoms with Gasteiger partial charge in [-0.1, -0.05) is 0 Å². The first-order valence-electron chi connectivity index (χ1n) is 4.45. The molecule has 0 aliphatic carbocycles. The monoisotopic (exact) mass is 241 g/mol. The predicted molar refractivity (Wildman–Crippen MR) is 65.4 cm³/mol. The first-order chi connectivity index (χ1) is 6.92. The van der Waals surface area contributed by atoms with Crippen molar-refractivity contribution in [3.8, 4) is 11.4 Å². The minimum Gasteiger partial charge on any atom is -0.330 e. The summed E-state index contributed by atoms with van der Waals surface area (Å²) in [5.41, 5.74) is 6.64. The number of nitrogens with two attached hydrogens (primary N) is 1. The van der Waals surface area contributed by atoms with Crippen LogP contribution in [0.2, 0.25) is 0 Å². The number of hydrogen-bond acceptors (Lipinski definition) is 4. The fourth-order valence-electron chi connectivity index (χ4n) is 1.30. The zero-order valence-electron chi connectivity index (χ0n) is 8.09. The minimum absolute atomic E-state index is 0. The van der Waals surface area contributed by atoms with E-state index in [9.17, 15) is 0 Å². The van der Waals surface area contributed by atoms with E-state index in [4.69, 9.17) is 5.73 Å². The van der Waals surface area contributed by atoms with E-state index in [0.29, 0.717) is 6.54 Å². The van der Waals surface area contributed by atoms with Crippen molar-refractivity contribution in [1.82, 2.24) is 9.97 Å². The first-order valence-corrected chi connectivity index (χ1v) is 5.33. The number of nitrogens with zero attached hydrogens (tertiary/aromatic N) is 2. The summed E-state index contributed by atoms with van der Waals surface area (Å²) in [6, 6.07) is 3.86. The summed E-state index contributed by atoms with van der Waals surface area (Å²) in [7, 11) is 0. The second-order valence-electron chi connectivity index (χ2n) is 2.87. The van der Waals surface area contributed by atoms with E-state index in [1.165, 1.54) is 4.88 Å². The largest absolute Gasteiger partial charge is 0.330 e. The number of rotatable bonds is 3. The van der Waals surface area contributed by atoms with E-state index in [1.54, 1.807) is 23.7 Å². The molecule has 2 aromatic heterocycles. The molecule has 0 saturated carbocycles. The highest BCUT2D eigenvalue weighted by atomic mass is 35.5. The van der Waals surface area contributed by atoms with E-state index < -0.39 is 0 Å². The summed E-state index contributed by atoms with van der Waals surface area (Å²) in [5.74, 6) is 0.789. The van der Waals surface area contributed by atoms with Gasteiger partial charge in [-0.2, -0.15) is 0 Å². The molecule has 0 spiro atoms. The maximum atomic E-state index is 5.53. The maximum absolute atomic E-state index is 5.53. The van der Waals surface area contributed by atoms with E-state index in [1.807, 2.05) is 12.1 Å². The summed E-state index contributed by atoms with van der Waals surface area (Å²) in [4.78, 5) is 9.70. The van der Waals surface area contributed by atoms with Gasteiger partial charge in [0, 0.05) is 22.8 Å². The Hall–Kier alpha value is -0.970. The lowest BCUT2D eigenvalue weighted by atomic mass is 10.2. The fourth-order valence-corrected chi connectivity index (χ4v) is 2.19. The van der Waals surface area contributed by atoms with E-state index in [-0.39, 0.29) is 12.4 Å². The van der Waals surface area contributed by atoms with Gasteiger partial charge in [-0.05, 0) is 30.5 Å². The molecule has 15 heavy (non-hydrogen) atoms. The molecule has 0 saturated heterocycles. The fraction of sp³-hybridized carbons (Fsp3) is 0.200. The molecule has 0 aliphatic heterocycles. The topological polar surface area (TPSA) is 51.8 Å². The molecule has 2 aromatic rings. The van der Waals surface area contributed by atoms with E-state index in [0.717, 1.165) is 17.8 Å². The predicted octanol–water partition coefficient (Wildman–Crippen LogP) is 2.13. The van der Waals surface area contributed by atoms with Gasteiger partial charge in [0.1, 0.15) is 0 Å². The smallest absolute Gasteiger partial charge is 0.160 e. The molecule has 2 heterocycles. The molecule has 0 aliphatic rings. The van der Waals surface area contributed by atoms with Gasteiger partial charge in [0.25, 0.3) is 0 Å². The normalized spacial score (nSPS) is 9.67. The number of aromatic nitrogens is 2. The molecule has 0 aromatic carbocycles. The average Bonchev–Trinajstić information content (AvgIpc) is 2.68. The highest BCUT2D eigenvalue weighted by molar-refractivity contribution is 7.10. The molecular formula is C10H12ClN3S. The Balaban J connectivity index is 0.00000112. The zero-order valence-corrected chi connectivity index (χ0v) is 9.72. The molecule has 2 rings (SSSR count). The van der Waals surface area contributed by atoms with Crippen molar-refractivity contribution in [2.24, 2.45) is 5.73 Å². The first kappa shape index (κ1) is 12.1. The van der Waals surface area contributed by atoms with Crippen LogP contribution < -0.4 is 5.73 Å². The summed E-state index contributed by atoms with van der Waals surface area (Å²) < 4.78 is 0. The SMILES string of the molecule is Cl.NCCc1sccc1-c1ncccn1. The Morgan fingerprint density at radius 3 is 2.67 bits per heavy atom. The lowest BCUT2D eigenvalue weighted by molar-refractivity contribution is 0.986. The standard InChI is InChI=1S/C10H11N3S.ClH/c11-4-2-9-8(3-7-14-9)10-12-5-1-6-13-10;/h1,3,5-7H,2,4,11H2;1H. The van der Waals surface area contributed by atoms with Crippen molar-refractivity contribution in [3.63, 3.8) is 0 Å². The van der Waals surface area contributed by atoms with Gasteiger partial charge >= 0.3 is 0 Å². The van der Waals surface area contributed by atoms with Crippen LogP contribution >= 0.6 is 23.7 Å². The molecule has 3 nitrogen and oxygen atoms in total. The van der Waals surface area contributed by atoms with Crippen LogP contribution in [0, 0.1) is 0 Å². The third kappa shape index (κ3) is 2.75. The van der Waals surface area contributed by atoms with Gasteiger partial charge in [0.15, 0.2) is 5.82 Å². The third-order valence-electron chi connectivity index (χ3n) is 1.92. The Labute approximate surface area is 98.8 Å². The Bertz CT molecular complexity index is 402. The minimum atomic E-state index is 0. The van der Waals surface area contributed by atoms with Gasteiger partial charge in [-0.3, -0.25) is 0 Å². The molecule has 0 bridgehead atoms. The van der Waals surface area contributed by atoms with Crippen molar-refractivity contribution in [2.45, 2.75) is 6.42 Å². The summed E-state index contributed by atoms with van der Waals surface area (Å²) in [6.07, 6.45) is 4.41. The molecule has 0 amide bonds. The average molecular weight is 242 g/mol. The molecule has 0 radical (unpaired) electrons. The molecule has 0 atom stereocenters. The van der Waals surface area contributed by atoms with Crippen molar-refractivity contribution in [3.05, 3.63) is 34.8 Å². The summed E-state index contributed by atoms with van der Waals surface area (Å²) in [6.45, 7) is 0.667. The second-order valence-corrected chi connectivity index (χ2v) is 3.87. The highest BCUT2D eigenvalue weighted by Gasteiger charge is 2.07. The quantitative estimate of drug-likeness (QED) is 0.896. The van der Waals surface area contributed by atoms with Gasteiger partial charge in [0.2, 0.25) is 0 Å². The molecular weight excluding hydrogens is 230 g/mol. The maximum Gasteiger partial charge on any atom is 0.160 e. The van der Waals surface area contributed by atoms with E-state index >= 15 is 0 Å². The lowest BCUT2D eigenvalue weighted by Gasteiger charge is -1.99. The van der Waals surface area contributed by atoms with Gasteiger partial charge in [-0.25, -0.2) is 9.97 Å². The van der Waals surface area contributed by atoms with Crippen molar-refractivity contribution in [1.29, 1.82) is 0 Å². The third-order valence-corrected chi connectivity index (χ3v) is 2.90. The lowest BCUT2D eigenvalue weighted by Crippen LogP contribution is -2.02. The van der Waals surface area contributed by atoms with E-state index in [2.05, 4.69) is 15.3 Å². The Kier molecular flexibility index (Phi) is 4.68. The Morgan fingerprint density at radius 1 is 1.27 bits per heavy atom. The van der Waals surface area contributed by atoms with Crippen LogP contribution in [0.1, 0.15) is 4.88 Å². The van der Waals surface area contributed by atoms with Crippen molar-refractivity contribution >= 4 is 23.7 Å². The van der Waals surface area contributed by atoms with Gasteiger partial charge < -0.3 is 5.73 Å². The van der Waals surface area contributed by atoms with Crippen LogP contribution in [0.25, 0.3) is 11.4 Å². The molecule has 0 fully saturated rings. The van der Waals surface area contributed by atoms with Crippen molar-refractivity contribution < 1.29 is 0 Å². The molecule has 0 unspecified atom stereocenters. The summed E-state index contributed by atoms with van der Waals surface area (Å²) in [5, 5.41) is 2.05. The van der Waals surface area contributed by atoms with Crippen LogP contribution in [-0.2, 0) is 6.42 Å². The molecule has 80 valence electrons.